The summed E-state index contributed by atoms with van der Waals surface area (Å²) in [5.41, 5.74) is -3.23. The predicted molar refractivity (Wildman–Crippen MR) is 42.4 cm³/mol. The molecule has 0 bridgehead atoms. The van der Waals surface area contributed by atoms with E-state index in [0.717, 1.165) is 0 Å². The first-order chi connectivity index (χ1) is 7.18. The second-order valence-electron chi connectivity index (χ2n) is 3.05. The Kier molecular flexibility index (Phi) is 3.18. The summed E-state index contributed by atoms with van der Waals surface area (Å²) < 4.78 is 75.4. The Hall–Kier alpha value is -1.24. The summed E-state index contributed by atoms with van der Waals surface area (Å²) in [7, 11) is 0. The SMILES string of the molecule is OCC(F)(F)c1ccc(F)cc1C(F)(F)F. The quantitative estimate of drug-likeness (QED) is 0.793. The van der Waals surface area contributed by atoms with E-state index in [-0.39, 0.29) is 6.07 Å². The highest BCUT2D eigenvalue weighted by Crippen LogP contribution is 2.39. The molecule has 0 heterocycles. The van der Waals surface area contributed by atoms with E-state index in [1.165, 1.54) is 0 Å². The Labute approximate surface area is 86.3 Å². The van der Waals surface area contributed by atoms with Gasteiger partial charge in [0.25, 0.3) is 5.92 Å². The van der Waals surface area contributed by atoms with Crippen molar-refractivity contribution in [1.29, 1.82) is 0 Å². The van der Waals surface area contributed by atoms with Crippen molar-refractivity contribution in [3.63, 3.8) is 0 Å². The van der Waals surface area contributed by atoms with E-state index in [0.29, 0.717) is 12.1 Å². The van der Waals surface area contributed by atoms with Crippen LogP contribution in [0.15, 0.2) is 18.2 Å². The van der Waals surface area contributed by atoms with Gasteiger partial charge in [-0.05, 0) is 18.2 Å². The monoisotopic (exact) mass is 244 g/mol. The Morgan fingerprint density at radius 1 is 1.00 bits per heavy atom. The minimum absolute atomic E-state index is 0.0289. The lowest BCUT2D eigenvalue weighted by Gasteiger charge is -2.19. The van der Waals surface area contributed by atoms with Gasteiger partial charge < -0.3 is 5.11 Å². The zero-order chi connectivity index (χ0) is 12.6. The minimum atomic E-state index is -5.10. The van der Waals surface area contributed by atoms with Gasteiger partial charge in [-0.25, -0.2) is 4.39 Å². The van der Waals surface area contributed by atoms with Crippen LogP contribution in [0.2, 0.25) is 0 Å². The summed E-state index contributed by atoms with van der Waals surface area (Å²) >= 11 is 0. The van der Waals surface area contributed by atoms with E-state index in [1.54, 1.807) is 0 Å². The first-order valence-electron chi connectivity index (χ1n) is 4.04. The third kappa shape index (κ3) is 2.46. The second-order valence-corrected chi connectivity index (χ2v) is 3.05. The van der Waals surface area contributed by atoms with Gasteiger partial charge in [0.05, 0.1) is 5.56 Å². The molecule has 0 spiro atoms. The van der Waals surface area contributed by atoms with Gasteiger partial charge in [0.2, 0.25) is 0 Å². The summed E-state index contributed by atoms with van der Waals surface area (Å²) in [6, 6.07) is 0.765. The molecule has 90 valence electrons. The second kappa shape index (κ2) is 3.97. The molecular weight excluding hydrogens is 238 g/mol. The normalized spacial score (nSPS) is 12.9. The van der Waals surface area contributed by atoms with E-state index in [4.69, 9.17) is 5.11 Å². The van der Waals surface area contributed by atoms with Gasteiger partial charge in [0.1, 0.15) is 12.4 Å². The highest BCUT2D eigenvalue weighted by molar-refractivity contribution is 5.34. The molecule has 0 fully saturated rings. The number of aliphatic hydroxyl groups excluding tert-OH is 1. The summed E-state index contributed by atoms with van der Waals surface area (Å²) in [5, 5.41) is 8.30. The number of hydrogen-bond acceptors (Lipinski definition) is 1. The van der Waals surface area contributed by atoms with Gasteiger partial charge in [-0.15, -0.1) is 0 Å². The molecule has 0 atom stereocenters. The highest BCUT2D eigenvalue weighted by atomic mass is 19.4. The van der Waals surface area contributed by atoms with Gasteiger partial charge in [-0.1, -0.05) is 0 Å². The fraction of sp³-hybridized carbons (Fsp3) is 0.333. The van der Waals surface area contributed by atoms with Gasteiger partial charge in [0.15, 0.2) is 0 Å². The molecule has 16 heavy (non-hydrogen) atoms. The number of halogens is 6. The maximum absolute atomic E-state index is 12.9. The van der Waals surface area contributed by atoms with Crippen molar-refractivity contribution in [2.24, 2.45) is 0 Å². The topological polar surface area (TPSA) is 20.2 Å². The zero-order valence-electron chi connectivity index (χ0n) is 7.65. The molecule has 1 aromatic rings. The molecular formula is C9H6F6O. The molecule has 1 nitrogen and oxygen atoms in total. The van der Waals surface area contributed by atoms with Crippen LogP contribution >= 0.6 is 0 Å². The van der Waals surface area contributed by atoms with E-state index >= 15 is 0 Å². The molecule has 1 aromatic carbocycles. The lowest BCUT2D eigenvalue weighted by molar-refractivity contribution is -0.144. The van der Waals surface area contributed by atoms with Crippen LogP contribution in [0, 0.1) is 5.82 Å². The van der Waals surface area contributed by atoms with Crippen LogP contribution in [0.3, 0.4) is 0 Å². The average molecular weight is 244 g/mol. The van der Waals surface area contributed by atoms with Gasteiger partial charge in [-0.2, -0.15) is 22.0 Å². The Balaban J connectivity index is 3.40. The number of aliphatic hydroxyl groups is 1. The highest BCUT2D eigenvalue weighted by Gasteiger charge is 2.42. The summed E-state index contributed by atoms with van der Waals surface area (Å²) in [6.45, 7) is -1.78. The first kappa shape index (κ1) is 12.8. The minimum Gasteiger partial charge on any atom is -0.390 e. The molecule has 0 aliphatic carbocycles. The first-order valence-corrected chi connectivity index (χ1v) is 4.04. The molecule has 1 rings (SSSR count). The van der Waals surface area contributed by atoms with E-state index < -0.39 is 35.6 Å². The van der Waals surface area contributed by atoms with Crippen LogP contribution in [-0.4, -0.2) is 11.7 Å². The molecule has 0 radical (unpaired) electrons. The van der Waals surface area contributed by atoms with Crippen molar-refractivity contribution in [3.05, 3.63) is 35.1 Å². The number of benzene rings is 1. The molecule has 7 heteroatoms. The van der Waals surface area contributed by atoms with E-state index in [1.807, 2.05) is 0 Å². The van der Waals surface area contributed by atoms with Crippen LogP contribution in [0.5, 0.6) is 0 Å². The fourth-order valence-electron chi connectivity index (χ4n) is 1.16. The van der Waals surface area contributed by atoms with E-state index in [9.17, 15) is 26.3 Å². The standard InChI is InChI=1S/C9H6F6O/c10-5-1-2-6(8(11,12)4-16)7(3-5)9(13,14)15/h1-3,16H,4H2. The van der Waals surface area contributed by atoms with Crippen LogP contribution in [0.1, 0.15) is 11.1 Å². The van der Waals surface area contributed by atoms with Crippen molar-refractivity contribution < 1.29 is 31.4 Å². The Morgan fingerprint density at radius 2 is 1.56 bits per heavy atom. The van der Waals surface area contributed by atoms with Crippen LogP contribution in [0.25, 0.3) is 0 Å². The number of alkyl halides is 5. The third-order valence-electron chi connectivity index (χ3n) is 1.88. The lowest BCUT2D eigenvalue weighted by atomic mass is 10.0. The summed E-state index contributed by atoms with van der Waals surface area (Å²) in [6.07, 6.45) is -5.10. The lowest BCUT2D eigenvalue weighted by Crippen LogP contribution is -2.24. The summed E-state index contributed by atoms with van der Waals surface area (Å²) in [4.78, 5) is 0. The van der Waals surface area contributed by atoms with Crippen molar-refractivity contribution in [1.82, 2.24) is 0 Å². The van der Waals surface area contributed by atoms with Crippen LogP contribution in [0.4, 0.5) is 26.3 Å². The maximum atomic E-state index is 12.9. The molecule has 0 saturated carbocycles. The molecule has 0 aliphatic heterocycles. The van der Waals surface area contributed by atoms with Gasteiger partial charge >= 0.3 is 6.18 Å². The molecule has 0 saturated heterocycles. The average Bonchev–Trinajstić information content (AvgIpc) is 2.16. The number of hydrogen-bond donors (Lipinski definition) is 1. The van der Waals surface area contributed by atoms with Gasteiger partial charge in [0, 0.05) is 5.56 Å². The maximum Gasteiger partial charge on any atom is 0.416 e. The van der Waals surface area contributed by atoms with Crippen molar-refractivity contribution in [2.45, 2.75) is 12.1 Å². The predicted octanol–water partition coefficient (Wildman–Crippen LogP) is 2.93. The molecule has 0 aromatic heterocycles. The zero-order valence-corrected chi connectivity index (χ0v) is 7.65. The van der Waals surface area contributed by atoms with Gasteiger partial charge in [-0.3, -0.25) is 0 Å². The van der Waals surface area contributed by atoms with Crippen molar-refractivity contribution in [3.8, 4) is 0 Å². The third-order valence-corrected chi connectivity index (χ3v) is 1.88. The Bertz CT molecular complexity index is 384. The molecule has 0 unspecified atom stereocenters. The molecule has 1 N–H and O–H groups in total. The fourth-order valence-corrected chi connectivity index (χ4v) is 1.16. The molecule has 0 amide bonds. The Morgan fingerprint density at radius 3 is 2.00 bits per heavy atom. The van der Waals surface area contributed by atoms with Crippen LogP contribution in [-0.2, 0) is 12.1 Å². The van der Waals surface area contributed by atoms with Crippen molar-refractivity contribution >= 4 is 0 Å². The van der Waals surface area contributed by atoms with Crippen molar-refractivity contribution in [2.75, 3.05) is 6.61 Å². The largest absolute Gasteiger partial charge is 0.416 e. The van der Waals surface area contributed by atoms with Crippen LogP contribution < -0.4 is 0 Å². The van der Waals surface area contributed by atoms with E-state index in [2.05, 4.69) is 0 Å². The number of rotatable bonds is 2. The smallest absolute Gasteiger partial charge is 0.390 e. The molecule has 0 aliphatic rings. The summed E-state index contributed by atoms with van der Waals surface area (Å²) in [5.74, 6) is -5.33.